The van der Waals surface area contributed by atoms with Gasteiger partial charge in [0, 0.05) is 18.6 Å². The molecule has 0 aliphatic rings. The van der Waals surface area contributed by atoms with Crippen LogP contribution in [-0.2, 0) is 26.6 Å². The second-order valence-corrected chi connectivity index (χ2v) is 8.69. The average molecular weight is 502 g/mol. The van der Waals surface area contributed by atoms with E-state index in [-0.39, 0.29) is 0 Å². The number of sulfonamides is 2. The number of pyridine rings is 1. The Morgan fingerprint density at radius 2 is 1.03 bits per heavy atom. The molecule has 1 heterocycles. The van der Waals surface area contributed by atoms with Crippen LogP contribution in [0.15, 0.2) is 30.6 Å². The molecule has 0 saturated carbocycles. The van der Waals surface area contributed by atoms with Crippen LogP contribution in [0.4, 0.5) is 43.9 Å². The number of hydrogen-bond acceptors (Lipinski definition) is 4. The summed E-state index contributed by atoms with van der Waals surface area (Å²) < 4.78 is 163. The van der Waals surface area contributed by atoms with Gasteiger partial charge in [0.25, 0.3) is 0 Å². The molecule has 0 amide bonds. The molecular weight excluding hydrogens is 490 g/mol. The summed E-state index contributed by atoms with van der Waals surface area (Å²) in [4.78, 5) is 0. The van der Waals surface area contributed by atoms with Gasteiger partial charge in [-0.15, -0.1) is 0 Å². The third-order valence-corrected chi connectivity index (χ3v) is 6.09. The Morgan fingerprint density at radius 1 is 0.700 bits per heavy atom. The Hall–Kier alpha value is -1.69. The van der Waals surface area contributed by atoms with E-state index in [0.29, 0.717) is 4.13 Å². The van der Waals surface area contributed by atoms with Crippen molar-refractivity contribution in [3.8, 4) is 0 Å². The van der Waals surface area contributed by atoms with Crippen LogP contribution >= 0.6 is 0 Å². The van der Waals surface area contributed by atoms with E-state index in [0.717, 1.165) is 6.54 Å². The maximum atomic E-state index is 12.3. The fourth-order valence-electron chi connectivity index (χ4n) is 1.36. The lowest BCUT2D eigenvalue weighted by molar-refractivity contribution is -0.697. The van der Waals surface area contributed by atoms with Crippen molar-refractivity contribution in [1.82, 2.24) is 0 Å². The van der Waals surface area contributed by atoms with Crippen LogP contribution in [0.3, 0.4) is 0 Å². The van der Waals surface area contributed by atoms with Gasteiger partial charge < -0.3 is 4.13 Å². The Labute approximate surface area is 163 Å². The lowest BCUT2D eigenvalue weighted by Gasteiger charge is -2.31. The molecule has 6 nitrogen and oxygen atoms in total. The molecular formula is C12H12F10N2O4S2. The molecule has 0 spiro atoms. The highest BCUT2D eigenvalue weighted by Gasteiger charge is 2.68. The quantitative estimate of drug-likeness (QED) is 0.439. The molecule has 176 valence electrons. The van der Waals surface area contributed by atoms with E-state index in [1.165, 1.54) is 6.42 Å². The predicted octanol–water partition coefficient (Wildman–Crippen LogP) is 3.71. The van der Waals surface area contributed by atoms with Crippen LogP contribution in [0.5, 0.6) is 0 Å². The first kappa shape index (κ1) is 28.3. The van der Waals surface area contributed by atoms with Crippen LogP contribution in [-0.4, -0.2) is 39.7 Å². The summed E-state index contributed by atoms with van der Waals surface area (Å²) in [7, 11) is -15.2. The highest BCUT2D eigenvalue weighted by Crippen LogP contribution is 2.47. The zero-order valence-corrected chi connectivity index (χ0v) is 16.1. The van der Waals surface area contributed by atoms with Gasteiger partial charge in [-0.1, -0.05) is 13.0 Å². The van der Waals surface area contributed by atoms with Crippen LogP contribution in [0, 0.1) is 0 Å². The lowest BCUT2D eigenvalue weighted by atomic mass is 10.4. The van der Waals surface area contributed by atoms with Crippen molar-refractivity contribution >= 4 is 20.0 Å². The van der Waals surface area contributed by atoms with Crippen molar-refractivity contribution < 1.29 is 65.3 Å². The first-order valence-electron chi connectivity index (χ1n) is 7.20. The Bertz CT molecular complexity index is 843. The molecule has 0 aromatic carbocycles. The Balaban J connectivity index is 0.000000769. The number of halogens is 10. The third-order valence-electron chi connectivity index (χ3n) is 2.76. The molecule has 1 aromatic heterocycles. The zero-order valence-electron chi connectivity index (χ0n) is 14.4. The molecule has 18 heteroatoms. The third kappa shape index (κ3) is 6.40. The van der Waals surface area contributed by atoms with Crippen molar-refractivity contribution in [2.75, 3.05) is 0 Å². The SMILES string of the molecule is CCC[n+]1ccccc1.O=S(=O)([N-]S(=O)(=O)C(F)(F)C(F)(F)F)C(F)(F)C(F)(F)F. The maximum absolute atomic E-state index is 12.3. The summed E-state index contributed by atoms with van der Waals surface area (Å²) in [5, 5.41) is -14.0. The van der Waals surface area contributed by atoms with E-state index >= 15 is 0 Å². The largest absolute Gasteiger partial charge is 0.467 e. The van der Waals surface area contributed by atoms with E-state index in [1.54, 1.807) is 0 Å². The van der Waals surface area contributed by atoms with Crippen molar-refractivity contribution in [1.29, 1.82) is 0 Å². The Kier molecular flexibility index (Phi) is 8.69. The van der Waals surface area contributed by atoms with Crippen LogP contribution in [0.2, 0.25) is 0 Å². The smallest absolute Gasteiger partial charge is 0.425 e. The van der Waals surface area contributed by atoms with Gasteiger partial charge in [0.05, 0.1) is 0 Å². The van der Waals surface area contributed by atoms with Gasteiger partial charge in [-0.25, -0.2) is 21.4 Å². The summed E-state index contributed by atoms with van der Waals surface area (Å²) in [6.07, 6.45) is -8.63. The van der Waals surface area contributed by atoms with E-state index in [1.807, 2.05) is 6.07 Å². The van der Waals surface area contributed by atoms with E-state index < -0.39 is 42.9 Å². The fourth-order valence-corrected chi connectivity index (χ4v) is 3.72. The molecule has 0 N–H and O–H groups in total. The standard InChI is InChI=1S/C8H12N.C4F10NO4S2/c1-2-6-9-7-4-3-5-8-9;5-1(6,7)3(11,12)20(16,17)15-21(18,19)4(13,14)2(8,9)10/h3-5,7-8H,2,6H2,1H3;/q+1;-1. The van der Waals surface area contributed by atoms with Gasteiger partial charge in [0.1, 0.15) is 6.54 Å². The minimum atomic E-state index is -7.62. The van der Waals surface area contributed by atoms with E-state index in [9.17, 15) is 60.7 Å². The lowest BCUT2D eigenvalue weighted by Crippen LogP contribution is -2.48. The maximum Gasteiger partial charge on any atom is 0.467 e. The van der Waals surface area contributed by atoms with Crippen molar-refractivity contribution in [2.24, 2.45) is 0 Å². The molecule has 0 bridgehead atoms. The summed E-state index contributed by atoms with van der Waals surface area (Å²) in [6.45, 7) is 3.31. The molecule has 30 heavy (non-hydrogen) atoms. The number of aryl methyl sites for hydroxylation is 1. The number of rotatable bonds is 6. The van der Waals surface area contributed by atoms with Gasteiger partial charge in [0.15, 0.2) is 32.4 Å². The predicted molar refractivity (Wildman–Crippen MR) is 80.1 cm³/mol. The summed E-state index contributed by atoms with van der Waals surface area (Å²) in [6, 6.07) is 6.14. The van der Waals surface area contributed by atoms with Crippen molar-refractivity contribution in [3.05, 3.63) is 34.7 Å². The molecule has 0 aliphatic carbocycles. The van der Waals surface area contributed by atoms with Crippen molar-refractivity contribution in [2.45, 2.75) is 42.8 Å². The summed E-state index contributed by atoms with van der Waals surface area (Å²) >= 11 is 0. The first-order valence-corrected chi connectivity index (χ1v) is 10.1. The Morgan fingerprint density at radius 3 is 1.30 bits per heavy atom. The van der Waals surface area contributed by atoms with E-state index in [2.05, 4.69) is 36.0 Å². The number of nitrogens with zero attached hydrogens (tertiary/aromatic N) is 2. The molecule has 1 aromatic rings. The molecule has 0 unspecified atom stereocenters. The second kappa shape index (κ2) is 9.21. The van der Waals surface area contributed by atoms with Crippen molar-refractivity contribution in [3.63, 3.8) is 0 Å². The minimum absolute atomic E-state index is 0.422. The summed E-state index contributed by atoms with van der Waals surface area (Å²) in [5.41, 5.74) is 0. The molecule has 1 rings (SSSR count). The normalized spacial score (nSPS) is 14.1. The van der Waals surface area contributed by atoms with Gasteiger partial charge >= 0.3 is 22.9 Å². The number of alkyl halides is 10. The van der Waals surface area contributed by atoms with Gasteiger partial charge in [-0.05, 0) is 0 Å². The first-order chi connectivity index (χ1) is 13.1. The number of hydrogen-bond donors (Lipinski definition) is 0. The molecule has 0 radical (unpaired) electrons. The fraction of sp³-hybridized carbons (Fsp3) is 0.583. The molecule has 0 aliphatic heterocycles. The molecule has 0 saturated heterocycles. The molecule has 0 fully saturated rings. The topological polar surface area (TPSA) is 86.3 Å². The highest BCUT2D eigenvalue weighted by atomic mass is 32.3. The monoisotopic (exact) mass is 502 g/mol. The zero-order chi connectivity index (χ0) is 24.2. The summed E-state index contributed by atoms with van der Waals surface area (Å²) in [5.74, 6) is 0. The van der Waals surface area contributed by atoms with Crippen LogP contribution < -0.4 is 4.57 Å². The average Bonchev–Trinajstić information content (AvgIpc) is 2.53. The molecule has 0 atom stereocenters. The minimum Gasteiger partial charge on any atom is -0.425 e. The van der Waals surface area contributed by atoms with E-state index in [4.69, 9.17) is 0 Å². The van der Waals surface area contributed by atoms with Gasteiger partial charge in [0.2, 0.25) is 0 Å². The highest BCUT2D eigenvalue weighted by molar-refractivity contribution is 8.13. The van der Waals surface area contributed by atoms with Gasteiger partial charge in [-0.2, -0.15) is 43.9 Å². The van der Waals surface area contributed by atoms with Gasteiger partial charge in [-0.3, -0.25) is 0 Å². The van der Waals surface area contributed by atoms with Crippen LogP contribution in [0.1, 0.15) is 13.3 Å². The second-order valence-electron chi connectivity index (χ2n) is 5.17. The number of aromatic nitrogens is 1. The van der Waals surface area contributed by atoms with Crippen LogP contribution in [0.25, 0.3) is 4.13 Å².